The quantitative estimate of drug-likeness (QED) is 0.775. The summed E-state index contributed by atoms with van der Waals surface area (Å²) in [4.78, 5) is 11.5. The molecule has 1 saturated heterocycles. The van der Waals surface area contributed by atoms with Crippen LogP contribution in [-0.2, 0) is 14.6 Å². The highest BCUT2D eigenvalue weighted by Gasteiger charge is 2.48. The molecule has 0 aromatic heterocycles. The SMILES string of the molecule is CCCCC(CC)CC1(C(=O)O)CCS(=O)(=O)C1. The molecule has 18 heavy (non-hydrogen) atoms. The lowest BCUT2D eigenvalue weighted by atomic mass is 9.76. The Balaban J connectivity index is 2.78. The van der Waals surface area contributed by atoms with Gasteiger partial charge in [-0.05, 0) is 18.8 Å². The molecular formula is C13H24O4S. The number of rotatable bonds is 7. The fraction of sp³-hybridized carbons (Fsp3) is 0.923. The van der Waals surface area contributed by atoms with E-state index >= 15 is 0 Å². The largest absolute Gasteiger partial charge is 0.481 e. The van der Waals surface area contributed by atoms with Crippen LogP contribution in [0.4, 0.5) is 0 Å². The Kier molecular flexibility index (Phi) is 5.20. The first-order chi connectivity index (χ1) is 8.35. The number of aliphatic carboxylic acids is 1. The lowest BCUT2D eigenvalue weighted by Crippen LogP contribution is -2.34. The summed E-state index contributed by atoms with van der Waals surface area (Å²) < 4.78 is 23.1. The molecule has 0 bridgehead atoms. The topological polar surface area (TPSA) is 71.4 Å². The lowest BCUT2D eigenvalue weighted by Gasteiger charge is -2.27. The Hall–Kier alpha value is -0.580. The first-order valence-electron chi connectivity index (χ1n) is 6.79. The zero-order chi connectivity index (χ0) is 13.8. The smallest absolute Gasteiger partial charge is 0.310 e. The molecular weight excluding hydrogens is 252 g/mol. The third-order valence-electron chi connectivity index (χ3n) is 4.06. The molecule has 2 unspecified atom stereocenters. The standard InChI is InChI=1S/C13H24O4S/c1-3-5-6-11(4-2)9-13(12(14)15)7-8-18(16,17)10-13/h11H,3-10H2,1-2H3,(H,14,15). The van der Waals surface area contributed by atoms with Gasteiger partial charge in [-0.15, -0.1) is 0 Å². The summed E-state index contributed by atoms with van der Waals surface area (Å²) in [6.45, 7) is 4.17. The molecule has 0 aromatic rings. The van der Waals surface area contributed by atoms with Crippen molar-refractivity contribution in [2.24, 2.45) is 11.3 Å². The predicted octanol–water partition coefficient (Wildman–Crippen LogP) is 2.48. The minimum atomic E-state index is -3.15. The Morgan fingerprint density at radius 2 is 2.06 bits per heavy atom. The number of sulfone groups is 1. The second-order valence-corrected chi connectivity index (χ2v) is 7.73. The first kappa shape index (κ1) is 15.5. The van der Waals surface area contributed by atoms with E-state index in [-0.39, 0.29) is 17.9 Å². The molecule has 1 aliphatic heterocycles. The highest BCUT2D eigenvalue weighted by molar-refractivity contribution is 7.91. The number of hydrogen-bond acceptors (Lipinski definition) is 3. The molecule has 1 fully saturated rings. The Morgan fingerprint density at radius 3 is 2.44 bits per heavy atom. The van der Waals surface area contributed by atoms with E-state index in [4.69, 9.17) is 0 Å². The van der Waals surface area contributed by atoms with Crippen LogP contribution in [0.1, 0.15) is 52.4 Å². The number of hydrogen-bond donors (Lipinski definition) is 1. The number of carboxylic acid groups (broad SMARTS) is 1. The average molecular weight is 276 g/mol. The van der Waals surface area contributed by atoms with Crippen molar-refractivity contribution in [1.82, 2.24) is 0 Å². The zero-order valence-electron chi connectivity index (χ0n) is 11.3. The maximum atomic E-state index is 11.6. The van der Waals surface area contributed by atoms with E-state index < -0.39 is 21.2 Å². The van der Waals surface area contributed by atoms with Crippen molar-refractivity contribution in [2.45, 2.75) is 52.4 Å². The van der Waals surface area contributed by atoms with E-state index in [1.807, 2.05) is 0 Å². The molecule has 0 aliphatic carbocycles. The van der Waals surface area contributed by atoms with Gasteiger partial charge < -0.3 is 5.11 Å². The maximum absolute atomic E-state index is 11.6. The van der Waals surface area contributed by atoms with Gasteiger partial charge in [-0.25, -0.2) is 8.42 Å². The molecule has 2 atom stereocenters. The Morgan fingerprint density at radius 1 is 1.39 bits per heavy atom. The van der Waals surface area contributed by atoms with Crippen LogP contribution in [0.25, 0.3) is 0 Å². The molecule has 1 N–H and O–H groups in total. The lowest BCUT2D eigenvalue weighted by molar-refractivity contribution is -0.148. The monoisotopic (exact) mass is 276 g/mol. The normalized spacial score (nSPS) is 28.1. The minimum absolute atomic E-state index is 0.0313. The van der Waals surface area contributed by atoms with Crippen molar-refractivity contribution < 1.29 is 18.3 Å². The average Bonchev–Trinajstić information content (AvgIpc) is 2.61. The van der Waals surface area contributed by atoms with Crippen LogP contribution in [0.2, 0.25) is 0 Å². The van der Waals surface area contributed by atoms with Crippen LogP contribution in [0, 0.1) is 11.3 Å². The van der Waals surface area contributed by atoms with E-state index in [1.54, 1.807) is 0 Å². The van der Waals surface area contributed by atoms with Crippen LogP contribution < -0.4 is 0 Å². The van der Waals surface area contributed by atoms with Crippen molar-refractivity contribution in [3.63, 3.8) is 0 Å². The van der Waals surface area contributed by atoms with Gasteiger partial charge in [0.1, 0.15) is 0 Å². The Labute approximate surface area is 110 Å². The second-order valence-electron chi connectivity index (χ2n) is 5.55. The van der Waals surface area contributed by atoms with E-state index in [9.17, 15) is 18.3 Å². The number of carboxylic acids is 1. The van der Waals surface area contributed by atoms with Crippen molar-refractivity contribution in [3.8, 4) is 0 Å². The van der Waals surface area contributed by atoms with Crippen molar-refractivity contribution in [2.75, 3.05) is 11.5 Å². The molecule has 0 saturated carbocycles. The first-order valence-corrected chi connectivity index (χ1v) is 8.61. The second kappa shape index (κ2) is 6.04. The molecule has 1 rings (SSSR count). The van der Waals surface area contributed by atoms with Gasteiger partial charge >= 0.3 is 5.97 Å². The van der Waals surface area contributed by atoms with Crippen molar-refractivity contribution in [1.29, 1.82) is 0 Å². The van der Waals surface area contributed by atoms with Gasteiger partial charge in [-0.2, -0.15) is 0 Å². The highest BCUT2D eigenvalue weighted by Crippen LogP contribution is 2.40. The number of unbranched alkanes of at least 4 members (excludes halogenated alkanes) is 1. The summed E-state index contributed by atoms with van der Waals surface area (Å²) in [6, 6.07) is 0. The third-order valence-corrected chi connectivity index (χ3v) is 5.88. The van der Waals surface area contributed by atoms with Gasteiger partial charge in [-0.3, -0.25) is 4.79 Å². The number of carbonyl (C=O) groups is 1. The van der Waals surface area contributed by atoms with E-state index in [0.717, 1.165) is 25.7 Å². The molecule has 0 spiro atoms. The summed E-state index contributed by atoms with van der Waals surface area (Å²) in [5, 5.41) is 9.40. The van der Waals surface area contributed by atoms with Crippen LogP contribution >= 0.6 is 0 Å². The molecule has 1 aliphatic rings. The highest BCUT2D eigenvalue weighted by atomic mass is 32.2. The molecule has 5 heteroatoms. The zero-order valence-corrected chi connectivity index (χ0v) is 12.1. The van der Waals surface area contributed by atoms with E-state index in [2.05, 4.69) is 13.8 Å². The predicted molar refractivity (Wildman–Crippen MR) is 71.3 cm³/mol. The molecule has 4 nitrogen and oxygen atoms in total. The van der Waals surface area contributed by atoms with Gasteiger partial charge in [0.25, 0.3) is 0 Å². The maximum Gasteiger partial charge on any atom is 0.310 e. The summed E-state index contributed by atoms with van der Waals surface area (Å²) in [5.74, 6) is -0.741. The molecule has 106 valence electrons. The van der Waals surface area contributed by atoms with Gasteiger partial charge in [0.05, 0.1) is 16.9 Å². The third kappa shape index (κ3) is 3.70. The van der Waals surface area contributed by atoms with Crippen LogP contribution in [0.15, 0.2) is 0 Å². The summed E-state index contributed by atoms with van der Waals surface area (Å²) in [5.41, 5.74) is -1.02. The van der Waals surface area contributed by atoms with Crippen LogP contribution in [0.3, 0.4) is 0 Å². The van der Waals surface area contributed by atoms with Gasteiger partial charge in [0.15, 0.2) is 9.84 Å². The minimum Gasteiger partial charge on any atom is -0.481 e. The van der Waals surface area contributed by atoms with Gasteiger partial charge in [0.2, 0.25) is 0 Å². The Bertz CT molecular complexity index is 388. The fourth-order valence-electron chi connectivity index (χ4n) is 2.83. The fourth-order valence-corrected chi connectivity index (χ4v) is 4.90. The summed E-state index contributed by atoms with van der Waals surface area (Å²) in [7, 11) is -3.15. The van der Waals surface area contributed by atoms with Crippen molar-refractivity contribution >= 4 is 15.8 Å². The summed E-state index contributed by atoms with van der Waals surface area (Å²) in [6.07, 6.45) is 4.90. The van der Waals surface area contributed by atoms with Crippen LogP contribution in [0.5, 0.6) is 0 Å². The molecule has 0 radical (unpaired) electrons. The molecule has 0 aromatic carbocycles. The van der Waals surface area contributed by atoms with E-state index in [1.165, 1.54) is 0 Å². The van der Waals surface area contributed by atoms with Gasteiger partial charge in [0, 0.05) is 0 Å². The van der Waals surface area contributed by atoms with E-state index in [0.29, 0.717) is 12.3 Å². The molecule has 0 amide bonds. The van der Waals surface area contributed by atoms with Crippen LogP contribution in [-0.4, -0.2) is 31.0 Å². The van der Waals surface area contributed by atoms with Gasteiger partial charge in [-0.1, -0.05) is 39.5 Å². The van der Waals surface area contributed by atoms with Crippen molar-refractivity contribution in [3.05, 3.63) is 0 Å². The molecule has 1 heterocycles. The summed E-state index contributed by atoms with van der Waals surface area (Å²) >= 11 is 0.